The van der Waals surface area contributed by atoms with Crippen LogP contribution >= 0.6 is 0 Å². The maximum atomic E-state index is 11.5. The average molecular weight is 994 g/mol. The Kier molecular flexibility index (Phi) is 15.8. The molecule has 0 aromatic heterocycles. The van der Waals surface area contributed by atoms with E-state index in [0.717, 1.165) is 67.6 Å². The lowest BCUT2D eigenvalue weighted by molar-refractivity contribution is 0.341. The second-order valence-electron chi connectivity index (χ2n) is 18.1. The lowest BCUT2D eigenvalue weighted by atomic mass is 9.78. The number of hydrogen-bond donors (Lipinski definition) is 4. The predicted molar refractivity (Wildman–Crippen MR) is 295 cm³/mol. The highest BCUT2D eigenvalue weighted by atomic mass is 16.5. The van der Waals surface area contributed by atoms with Crippen molar-refractivity contribution in [1.82, 2.24) is 0 Å². The van der Waals surface area contributed by atoms with Crippen molar-refractivity contribution in [3.05, 3.63) is 262 Å². The maximum Gasteiger partial charge on any atom is 0.134 e. The SMILES string of the molecule is CC/C=C(\C=C/CO)Oc1ccc(-c2ccc(Cc3ccc(O)cc3)c(C(c3cc(-c4ccc(Oc5ccc(O)cc5)cc4)ccc3Oc3ccc(N=O)cc3)c3cc(C)cc(C)c3Oc3ccc(O)cc3)c2)cc1. The largest absolute Gasteiger partial charge is 0.508 e. The van der Waals surface area contributed by atoms with Crippen LogP contribution in [0, 0.1) is 18.8 Å². The highest BCUT2D eigenvalue weighted by Crippen LogP contribution is 2.48. The number of nitroso groups, excluding NO2 is 1. The fourth-order valence-corrected chi connectivity index (χ4v) is 8.99. The molecule has 0 radical (unpaired) electrons. The Labute approximate surface area is 436 Å². The summed E-state index contributed by atoms with van der Waals surface area (Å²) in [5, 5.41) is 43.1. The molecule has 0 aliphatic heterocycles. The Morgan fingerprint density at radius 1 is 0.533 bits per heavy atom. The van der Waals surface area contributed by atoms with Gasteiger partial charge in [-0.2, -0.15) is 0 Å². The number of aliphatic hydroxyl groups is 1. The summed E-state index contributed by atoms with van der Waals surface area (Å²) in [4.78, 5) is 11.5. The van der Waals surface area contributed by atoms with Gasteiger partial charge in [-0.25, -0.2) is 0 Å². The molecule has 0 heterocycles. The summed E-state index contributed by atoms with van der Waals surface area (Å²) in [7, 11) is 0. The summed E-state index contributed by atoms with van der Waals surface area (Å²) in [6.45, 7) is 6.02. The molecule has 10 nitrogen and oxygen atoms in total. The number of hydrogen-bond acceptors (Lipinski definition) is 10. The lowest BCUT2D eigenvalue weighted by Gasteiger charge is -2.28. The molecule has 75 heavy (non-hydrogen) atoms. The summed E-state index contributed by atoms with van der Waals surface area (Å²) in [6.07, 6.45) is 6.62. The molecule has 0 amide bonds. The summed E-state index contributed by atoms with van der Waals surface area (Å²) in [5.74, 6) is 4.53. The quantitative estimate of drug-likeness (QED) is 0.0269. The zero-order valence-corrected chi connectivity index (χ0v) is 41.7. The lowest BCUT2D eigenvalue weighted by Crippen LogP contribution is -2.12. The van der Waals surface area contributed by atoms with Gasteiger partial charge in [0.15, 0.2) is 0 Å². The number of ether oxygens (including phenoxy) is 4. The first kappa shape index (κ1) is 50.6. The number of phenolic OH excluding ortho intramolecular Hbond substituents is 3. The summed E-state index contributed by atoms with van der Waals surface area (Å²) in [5.41, 5.74) is 10.4. The van der Waals surface area contributed by atoms with Gasteiger partial charge >= 0.3 is 0 Å². The van der Waals surface area contributed by atoms with Crippen molar-refractivity contribution < 1.29 is 39.4 Å². The number of nitrogens with zero attached hydrogens (tertiary/aromatic N) is 1. The van der Waals surface area contributed by atoms with Gasteiger partial charge < -0.3 is 39.4 Å². The summed E-state index contributed by atoms with van der Waals surface area (Å²) < 4.78 is 26.2. The van der Waals surface area contributed by atoms with Gasteiger partial charge in [-0.1, -0.05) is 85.3 Å². The van der Waals surface area contributed by atoms with Crippen molar-refractivity contribution in [2.75, 3.05) is 6.61 Å². The van der Waals surface area contributed by atoms with Crippen LogP contribution < -0.4 is 18.9 Å². The normalized spacial score (nSPS) is 11.8. The van der Waals surface area contributed by atoms with Crippen molar-refractivity contribution in [2.24, 2.45) is 5.18 Å². The highest BCUT2D eigenvalue weighted by Gasteiger charge is 2.30. The molecule has 0 aliphatic rings. The molecule has 0 aliphatic carbocycles. The van der Waals surface area contributed by atoms with E-state index in [0.29, 0.717) is 52.4 Å². The number of rotatable bonds is 19. The Bertz CT molecular complexity index is 3460. The Balaban J connectivity index is 1.27. The van der Waals surface area contributed by atoms with Crippen LogP contribution in [0.3, 0.4) is 0 Å². The van der Waals surface area contributed by atoms with Crippen LogP contribution in [0.4, 0.5) is 5.69 Å². The first-order valence-electron chi connectivity index (χ1n) is 24.6. The zero-order valence-electron chi connectivity index (χ0n) is 41.7. The molecule has 1 atom stereocenters. The highest BCUT2D eigenvalue weighted by molar-refractivity contribution is 5.72. The molecule has 1 unspecified atom stereocenters. The van der Waals surface area contributed by atoms with E-state index in [1.165, 1.54) is 0 Å². The van der Waals surface area contributed by atoms with Crippen LogP contribution in [0.15, 0.2) is 223 Å². The van der Waals surface area contributed by atoms with Crippen LogP contribution in [-0.2, 0) is 6.42 Å². The van der Waals surface area contributed by atoms with Crippen LogP contribution in [0.1, 0.15) is 58.2 Å². The van der Waals surface area contributed by atoms with Gasteiger partial charge in [0.25, 0.3) is 0 Å². The minimum absolute atomic E-state index is 0.0996. The number of aliphatic hydroxyl groups excluding tert-OH is 1. The number of benzene rings is 9. The molecule has 9 aromatic carbocycles. The Hall–Kier alpha value is -9.38. The molecule has 0 spiro atoms. The third-order valence-corrected chi connectivity index (χ3v) is 12.6. The summed E-state index contributed by atoms with van der Waals surface area (Å²) in [6, 6.07) is 59.8. The van der Waals surface area contributed by atoms with Crippen LogP contribution in [0.5, 0.6) is 57.5 Å². The molecule has 0 saturated carbocycles. The minimum atomic E-state index is -0.589. The van der Waals surface area contributed by atoms with Crippen molar-refractivity contribution >= 4 is 5.69 Å². The zero-order chi connectivity index (χ0) is 52.3. The van der Waals surface area contributed by atoms with E-state index in [2.05, 4.69) is 48.5 Å². The van der Waals surface area contributed by atoms with Gasteiger partial charge in [-0.15, -0.1) is 4.91 Å². The van der Waals surface area contributed by atoms with Crippen molar-refractivity contribution in [1.29, 1.82) is 0 Å². The monoisotopic (exact) mass is 993 g/mol. The second-order valence-corrected chi connectivity index (χ2v) is 18.1. The Morgan fingerprint density at radius 3 is 1.63 bits per heavy atom. The van der Waals surface area contributed by atoms with Crippen LogP contribution in [0.2, 0.25) is 0 Å². The minimum Gasteiger partial charge on any atom is -0.508 e. The van der Waals surface area contributed by atoms with E-state index in [4.69, 9.17) is 18.9 Å². The molecule has 374 valence electrons. The molecule has 10 heteroatoms. The van der Waals surface area contributed by atoms with Crippen LogP contribution in [-0.4, -0.2) is 27.0 Å². The number of allylic oxidation sites excluding steroid dienone is 2. The van der Waals surface area contributed by atoms with E-state index in [1.807, 2.05) is 92.7 Å². The number of phenols is 3. The molecular weight excluding hydrogens is 939 g/mol. The fraction of sp³-hybridized carbons (Fsp3) is 0.108. The van der Waals surface area contributed by atoms with Crippen molar-refractivity contribution in [3.8, 4) is 79.7 Å². The number of aromatic hydroxyl groups is 3. The molecular formula is C65H55NO9. The fourth-order valence-electron chi connectivity index (χ4n) is 8.99. The molecule has 9 aromatic rings. The Morgan fingerprint density at radius 2 is 1.04 bits per heavy atom. The van der Waals surface area contributed by atoms with Crippen LogP contribution in [0.25, 0.3) is 22.3 Å². The van der Waals surface area contributed by atoms with Gasteiger partial charge in [0.2, 0.25) is 0 Å². The van der Waals surface area contributed by atoms with E-state index < -0.39 is 5.92 Å². The van der Waals surface area contributed by atoms with E-state index in [-0.39, 0.29) is 29.5 Å². The second kappa shape index (κ2) is 23.4. The molecule has 9 rings (SSSR count). The molecule has 0 fully saturated rings. The van der Waals surface area contributed by atoms with E-state index in [1.54, 1.807) is 97.1 Å². The van der Waals surface area contributed by atoms with Gasteiger partial charge in [0.05, 0.1) is 6.61 Å². The van der Waals surface area contributed by atoms with E-state index >= 15 is 0 Å². The van der Waals surface area contributed by atoms with Crippen molar-refractivity contribution in [3.63, 3.8) is 0 Å². The van der Waals surface area contributed by atoms with Gasteiger partial charge in [-0.05, 0) is 216 Å². The number of aryl methyl sites for hydroxylation is 2. The predicted octanol–water partition coefficient (Wildman–Crippen LogP) is 16.5. The smallest absolute Gasteiger partial charge is 0.134 e. The topological polar surface area (TPSA) is 147 Å². The maximum absolute atomic E-state index is 11.5. The van der Waals surface area contributed by atoms with Gasteiger partial charge in [-0.3, -0.25) is 0 Å². The first-order valence-corrected chi connectivity index (χ1v) is 24.6. The van der Waals surface area contributed by atoms with Gasteiger partial charge in [0.1, 0.15) is 68.9 Å². The standard InChI is InChI=1S/C65H55NO9/c1-4-6-54(7-5-36-67)72-55-25-12-45(13-26-55)47-10-11-49(39-44-8-19-51(68)20-9-44)60(40-47)64(62-38-42(2)37-43(3)65(62)75-59-33-23-53(70)24-34-59)61-41-48(16-35-63(61)74-58-29-17-50(66-71)18-30-58)46-14-27-56(28-15-46)73-57-31-21-52(69)22-32-57/h5-35,37-38,40-41,64,67-70H,4,36,39H2,1-3H3/b7-5-,54-6+. The van der Waals surface area contributed by atoms with Gasteiger partial charge in [0, 0.05) is 17.0 Å². The average Bonchev–Trinajstić information content (AvgIpc) is 3.42. The molecule has 0 bridgehead atoms. The molecule has 0 saturated heterocycles. The summed E-state index contributed by atoms with van der Waals surface area (Å²) >= 11 is 0. The first-order chi connectivity index (χ1) is 36.5. The van der Waals surface area contributed by atoms with Crippen molar-refractivity contribution in [2.45, 2.75) is 39.5 Å². The third-order valence-electron chi connectivity index (χ3n) is 12.6. The third kappa shape index (κ3) is 12.6. The molecule has 4 N–H and O–H groups in total. The van der Waals surface area contributed by atoms with E-state index in [9.17, 15) is 25.3 Å².